The predicted molar refractivity (Wildman–Crippen MR) is 86.6 cm³/mol. The average molecular weight is 283 g/mol. The summed E-state index contributed by atoms with van der Waals surface area (Å²) in [5.41, 5.74) is 2.11. The van der Waals surface area contributed by atoms with Gasteiger partial charge in [0, 0.05) is 12.2 Å². The Bertz CT molecular complexity index is 564. The number of para-hydroxylation sites is 1. The van der Waals surface area contributed by atoms with Gasteiger partial charge in [0.2, 0.25) is 0 Å². The number of hydrogen-bond donors (Lipinski definition) is 2. The number of nitrogens with one attached hydrogen (secondary N) is 2. The summed E-state index contributed by atoms with van der Waals surface area (Å²) >= 11 is 0. The van der Waals surface area contributed by atoms with Gasteiger partial charge in [0.25, 0.3) is 5.91 Å². The molecule has 0 aliphatic heterocycles. The summed E-state index contributed by atoms with van der Waals surface area (Å²) in [5.74, 6) is 0.469. The van der Waals surface area contributed by atoms with Gasteiger partial charge in [-0.15, -0.1) is 0 Å². The number of anilines is 2. The third kappa shape index (κ3) is 4.91. The molecule has 21 heavy (non-hydrogen) atoms. The van der Waals surface area contributed by atoms with Gasteiger partial charge in [0.05, 0.1) is 11.9 Å². The van der Waals surface area contributed by atoms with Gasteiger partial charge >= 0.3 is 0 Å². The van der Waals surface area contributed by atoms with Crippen LogP contribution in [0.4, 0.5) is 11.4 Å². The van der Waals surface area contributed by atoms with Crippen molar-refractivity contribution in [2.24, 2.45) is 5.92 Å². The van der Waals surface area contributed by atoms with E-state index in [-0.39, 0.29) is 5.91 Å². The van der Waals surface area contributed by atoms with Crippen LogP contribution in [0, 0.1) is 5.92 Å². The summed E-state index contributed by atoms with van der Waals surface area (Å²) in [7, 11) is 0. The first-order valence-electron chi connectivity index (χ1n) is 7.21. The van der Waals surface area contributed by atoms with Crippen molar-refractivity contribution in [1.82, 2.24) is 4.98 Å². The molecule has 0 saturated heterocycles. The van der Waals surface area contributed by atoms with Crippen LogP contribution >= 0.6 is 0 Å². The summed E-state index contributed by atoms with van der Waals surface area (Å²) in [6, 6.07) is 13.0. The van der Waals surface area contributed by atoms with Crippen LogP contribution in [-0.2, 0) is 0 Å². The number of rotatable bonds is 6. The number of benzene rings is 1. The van der Waals surface area contributed by atoms with Crippen LogP contribution in [-0.4, -0.2) is 17.4 Å². The van der Waals surface area contributed by atoms with E-state index >= 15 is 0 Å². The highest BCUT2D eigenvalue weighted by Gasteiger charge is 2.07. The Kier molecular flexibility index (Phi) is 5.32. The quantitative estimate of drug-likeness (QED) is 0.848. The Morgan fingerprint density at radius 1 is 1.10 bits per heavy atom. The lowest BCUT2D eigenvalue weighted by Crippen LogP contribution is -2.13. The first-order chi connectivity index (χ1) is 10.1. The third-order valence-electron chi connectivity index (χ3n) is 3.08. The maximum absolute atomic E-state index is 12.0. The van der Waals surface area contributed by atoms with Crippen LogP contribution in [0.3, 0.4) is 0 Å². The zero-order valence-electron chi connectivity index (χ0n) is 12.5. The lowest BCUT2D eigenvalue weighted by molar-refractivity contribution is 0.102. The highest BCUT2D eigenvalue weighted by molar-refractivity contribution is 6.02. The van der Waals surface area contributed by atoms with E-state index in [1.807, 2.05) is 36.4 Å². The molecule has 1 aromatic heterocycles. The molecule has 4 heteroatoms. The molecule has 0 aliphatic carbocycles. The van der Waals surface area contributed by atoms with Gasteiger partial charge in [-0.25, -0.2) is 4.98 Å². The summed E-state index contributed by atoms with van der Waals surface area (Å²) in [5, 5.41) is 6.11. The Labute approximate surface area is 125 Å². The van der Waals surface area contributed by atoms with E-state index in [2.05, 4.69) is 29.5 Å². The zero-order valence-corrected chi connectivity index (χ0v) is 12.5. The zero-order chi connectivity index (χ0) is 15.1. The molecule has 2 aromatic rings. The highest BCUT2D eigenvalue weighted by atomic mass is 16.1. The normalized spacial score (nSPS) is 10.4. The number of carbonyl (C=O) groups excluding carboxylic acids is 1. The molecule has 0 aliphatic rings. The SMILES string of the molecule is CC(C)CCNc1ccc(C(=O)Nc2ccccc2)nc1. The second-order valence-electron chi connectivity index (χ2n) is 5.36. The van der Waals surface area contributed by atoms with Crippen molar-refractivity contribution in [2.75, 3.05) is 17.2 Å². The Balaban J connectivity index is 1.91. The summed E-state index contributed by atoms with van der Waals surface area (Å²) in [4.78, 5) is 16.2. The molecular weight excluding hydrogens is 262 g/mol. The van der Waals surface area contributed by atoms with E-state index in [0.717, 1.165) is 24.3 Å². The fourth-order valence-electron chi connectivity index (χ4n) is 1.85. The van der Waals surface area contributed by atoms with E-state index in [1.165, 1.54) is 0 Å². The molecule has 0 unspecified atom stereocenters. The number of aromatic nitrogens is 1. The van der Waals surface area contributed by atoms with Gasteiger partial charge < -0.3 is 10.6 Å². The van der Waals surface area contributed by atoms with Crippen LogP contribution < -0.4 is 10.6 Å². The number of amides is 1. The third-order valence-corrected chi connectivity index (χ3v) is 3.08. The molecule has 110 valence electrons. The van der Waals surface area contributed by atoms with E-state index in [0.29, 0.717) is 11.6 Å². The molecule has 1 amide bonds. The van der Waals surface area contributed by atoms with Crippen molar-refractivity contribution in [3.63, 3.8) is 0 Å². The Hall–Kier alpha value is -2.36. The molecule has 0 saturated carbocycles. The molecule has 1 heterocycles. The summed E-state index contributed by atoms with van der Waals surface area (Å²) < 4.78 is 0. The minimum Gasteiger partial charge on any atom is -0.384 e. The van der Waals surface area contributed by atoms with Gasteiger partial charge in [0.1, 0.15) is 5.69 Å². The van der Waals surface area contributed by atoms with Crippen LogP contribution in [0.15, 0.2) is 48.7 Å². The van der Waals surface area contributed by atoms with E-state index in [1.54, 1.807) is 12.3 Å². The molecule has 2 rings (SSSR count). The molecule has 0 radical (unpaired) electrons. The van der Waals surface area contributed by atoms with Gasteiger partial charge in [-0.05, 0) is 36.6 Å². The number of carbonyl (C=O) groups is 1. The van der Waals surface area contributed by atoms with Gasteiger partial charge in [-0.3, -0.25) is 4.79 Å². The van der Waals surface area contributed by atoms with Crippen molar-refractivity contribution in [1.29, 1.82) is 0 Å². The van der Waals surface area contributed by atoms with Crippen molar-refractivity contribution < 1.29 is 4.79 Å². The molecule has 2 N–H and O–H groups in total. The Morgan fingerprint density at radius 3 is 2.48 bits per heavy atom. The van der Waals surface area contributed by atoms with E-state index in [4.69, 9.17) is 0 Å². The molecule has 1 aromatic carbocycles. The van der Waals surface area contributed by atoms with Crippen molar-refractivity contribution in [3.8, 4) is 0 Å². The van der Waals surface area contributed by atoms with Crippen molar-refractivity contribution in [2.45, 2.75) is 20.3 Å². The van der Waals surface area contributed by atoms with E-state index in [9.17, 15) is 4.79 Å². The minimum atomic E-state index is -0.199. The molecule has 0 fully saturated rings. The second-order valence-corrected chi connectivity index (χ2v) is 5.36. The predicted octanol–water partition coefficient (Wildman–Crippen LogP) is 3.79. The maximum atomic E-state index is 12.0. The minimum absolute atomic E-state index is 0.199. The highest BCUT2D eigenvalue weighted by Crippen LogP contribution is 2.10. The summed E-state index contributed by atoms with van der Waals surface area (Å²) in [6.45, 7) is 5.29. The first kappa shape index (κ1) is 15.0. The first-order valence-corrected chi connectivity index (χ1v) is 7.21. The molecular formula is C17H21N3O. The smallest absolute Gasteiger partial charge is 0.274 e. The van der Waals surface area contributed by atoms with Crippen LogP contribution in [0.5, 0.6) is 0 Å². The number of nitrogens with zero attached hydrogens (tertiary/aromatic N) is 1. The number of hydrogen-bond acceptors (Lipinski definition) is 3. The number of pyridine rings is 1. The van der Waals surface area contributed by atoms with Gasteiger partial charge in [-0.2, -0.15) is 0 Å². The van der Waals surface area contributed by atoms with Crippen LogP contribution in [0.2, 0.25) is 0 Å². The molecule has 0 spiro atoms. The molecule has 4 nitrogen and oxygen atoms in total. The maximum Gasteiger partial charge on any atom is 0.274 e. The second kappa shape index (κ2) is 7.43. The summed E-state index contributed by atoms with van der Waals surface area (Å²) in [6.07, 6.45) is 2.80. The standard InChI is InChI=1S/C17H21N3O/c1-13(2)10-11-18-15-8-9-16(19-12-15)17(21)20-14-6-4-3-5-7-14/h3-9,12-13,18H,10-11H2,1-2H3,(H,20,21). The Morgan fingerprint density at radius 2 is 1.86 bits per heavy atom. The van der Waals surface area contributed by atoms with E-state index < -0.39 is 0 Å². The largest absolute Gasteiger partial charge is 0.384 e. The average Bonchev–Trinajstić information content (AvgIpc) is 2.48. The molecule has 0 atom stereocenters. The fourth-order valence-corrected chi connectivity index (χ4v) is 1.85. The topological polar surface area (TPSA) is 54.0 Å². The van der Waals surface area contributed by atoms with Gasteiger partial charge in [-0.1, -0.05) is 32.0 Å². The monoisotopic (exact) mass is 283 g/mol. The van der Waals surface area contributed by atoms with Crippen molar-refractivity contribution in [3.05, 3.63) is 54.4 Å². The lowest BCUT2D eigenvalue weighted by atomic mass is 10.1. The fraction of sp³-hybridized carbons (Fsp3) is 0.294. The van der Waals surface area contributed by atoms with Crippen molar-refractivity contribution >= 4 is 17.3 Å². The lowest BCUT2D eigenvalue weighted by Gasteiger charge is -2.09. The van der Waals surface area contributed by atoms with Gasteiger partial charge in [0.15, 0.2) is 0 Å². The molecule has 0 bridgehead atoms. The van der Waals surface area contributed by atoms with Crippen LogP contribution in [0.25, 0.3) is 0 Å². The van der Waals surface area contributed by atoms with Crippen LogP contribution in [0.1, 0.15) is 30.8 Å².